The molecule has 1 N–H and O–H groups in total. The Morgan fingerprint density at radius 1 is 1.41 bits per heavy atom. The number of anilines is 1. The molecule has 0 radical (unpaired) electrons. The summed E-state index contributed by atoms with van der Waals surface area (Å²) in [4.78, 5) is 27.4. The summed E-state index contributed by atoms with van der Waals surface area (Å²) >= 11 is 1.30. The molecule has 1 aromatic rings. The summed E-state index contributed by atoms with van der Waals surface area (Å²) in [5.74, 6) is 0.0871. The van der Waals surface area contributed by atoms with E-state index in [1.54, 1.807) is 5.38 Å². The van der Waals surface area contributed by atoms with Crippen LogP contribution in [0.4, 0.5) is 5.13 Å². The minimum atomic E-state index is -0.379. The maximum absolute atomic E-state index is 12.0. The number of rotatable bonds is 5. The molecule has 1 aliphatic carbocycles. The van der Waals surface area contributed by atoms with Crippen molar-refractivity contribution < 1.29 is 14.3 Å². The second-order valence-corrected chi connectivity index (χ2v) is 6.43. The van der Waals surface area contributed by atoms with E-state index in [1.807, 2.05) is 6.08 Å². The molecule has 6 heteroatoms. The van der Waals surface area contributed by atoms with Crippen molar-refractivity contribution in [3.05, 3.63) is 17.2 Å². The number of thiazole rings is 1. The Bertz CT molecular complexity index is 559. The van der Waals surface area contributed by atoms with E-state index in [0.29, 0.717) is 22.3 Å². The fourth-order valence-corrected chi connectivity index (χ4v) is 3.47. The molecule has 120 valence electrons. The number of hydrogen-bond acceptors (Lipinski definition) is 5. The van der Waals surface area contributed by atoms with Crippen LogP contribution in [0.1, 0.15) is 51.1 Å². The van der Waals surface area contributed by atoms with Crippen molar-refractivity contribution >= 4 is 33.9 Å². The van der Waals surface area contributed by atoms with Gasteiger partial charge in [-0.15, -0.1) is 11.3 Å². The zero-order valence-electron chi connectivity index (χ0n) is 13.1. The van der Waals surface area contributed by atoms with E-state index in [9.17, 15) is 9.59 Å². The summed E-state index contributed by atoms with van der Waals surface area (Å²) in [5.41, 5.74) is 1.05. The predicted molar refractivity (Wildman–Crippen MR) is 87.6 cm³/mol. The molecular formula is C16H22N2O3S. The van der Waals surface area contributed by atoms with Gasteiger partial charge < -0.3 is 10.1 Å². The molecule has 5 nitrogen and oxygen atoms in total. The van der Waals surface area contributed by atoms with Gasteiger partial charge in [-0.3, -0.25) is 4.79 Å². The maximum atomic E-state index is 12.0. The van der Waals surface area contributed by atoms with Gasteiger partial charge in [-0.05, 0) is 12.3 Å². The monoisotopic (exact) mass is 322 g/mol. The van der Waals surface area contributed by atoms with Crippen LogP contribution in [0.5, 0.6) is 0 Å². The van der Waals surface area contributed by atoms with Gasteiger partial charge >= 0.3 is 5.97 Å². The number of allylic oxidation sites excluding steroid dienone is 1. The Labute approximate surface area is 134 Å². The molecule has 0 atom stereocenters. The quantitative estimate of drug-likeness (QED) is 0.664. The normalized spacial score (nSPS) is 16.4. The fourth-order valence-electron chi connectivity index (χ4n) is 2.72. The molecule has 0 unspecified atom stereocenters. The minimum absolute atomic E-state index is 0.174. The zero-order valence-corrected chi connectivity index (χ0v) is 13.9. The molecule has 2 rings (SSSR count). The van der Waals surface area contributed by atoms with Crippen molar-refractivity contribution in [1.29, 1.82) is 0 Å². The van der Waals surface area contributed by atoms with Gasteiger partial charge in [0.15, 0.2) is 5.13 Å². The van der Waals surface area contributed by atoms with Crippen molar-refractivity contribution in [2.45, 2.75) is 45.4 Å². The Hall–Kier alpha value is -1.69. The van der Waals surface area contributed by atoms with E-state index in [-0.39, 0.29) is 11.9 Å². The van der Waals surface area contributed by atoms with Crippen molar-refractivity contribution in [1.82, 2.24) is 4.98 Å². The first-order valence-corrected chi connectivity index (χ1v) is 8.50. The lowest BCUT2D eigenvalue weighted by Crippen LogP contribution is -2.09. The molecule has 22 heavy (non-hydrogen) atoms. The summed E-state index contributed by atoms with van der Waals surface area (Å²) in [6, 6.07) is 0. The molecule has 1 aliphatic rings. The number of esters is 1. The van der Waals surface area contributed by atoms with Gasteiger partial charge in [0, 0.05) is 12.3 Å². The van der Waals surface area contributed by atoms with E-state index in [0.717, 1.165) is 6.42 Å². The molecule has 1 aromatic heterocycles. The van der Waals surface area contributed by atoms with Crippen molar-refractivity contribution in [2.75, 3.05) is 12.4 Å². The van der Waals surface area contributed by atoms with Crippen LogP contribution < -0.4 is 5.32 Å². The average molecular weight is 322 g/mol. The Kier molecular flexibility index (Phi) is 6.12. The first-order valence-electron chi connectivity index (χ1n) is 7.62. The molecule has 0 spiro atoms. The zero-order chi connectivity index (χ0) is 15.9. The van der Waals surface area contributed by atoms with Crippen LogP contribution >= 0.6 is 11.3 Å². The van der Waals surface area contributed by atoms with E-state index < -0.39 is 0 Å². The molecule has 0 bridgehead atoms. The van der Waals surface area contributed by atoms with Gasteiger partial charge in [-0.25, -0.2) is 9.78 Å². The van der Waals surface area contributed by atoms with Crippen molar-refractivity contribution in [2.24, 2.45) is 5.92 Å². The van der Waals surface area contributed by atoms with Crippen LogP contribution in [0.2, 0.25) is 0 Å². The van der Waals surface area contributed by atoms with Gasteiger partial charge in [-0.2, -0.15) is 0 Å². The number of amides is 1. The number of hydrogen-bond donors (Lipinski definition) is 1. The van der Waals surface area contributed by atoms with Gasteiger partial charge in [0.1, 0.15) is 0 Å². The van der Waals surface area contributed by atoms with E-state index >= 15 is 0 Å². The van der Waals surface area contributed by atoms with Gasteiger partial charge in [0.05, 0.1) is 18.4 Å². The topological polar surface area (TPSA) is 68.3 Å². The van der Waals surface area contributed by atoms with Crippen molar-refractivity contribution in [3.8, 4) is 0 Å². The van der Waals surface area contributed by atoms with Crippen LogP contribution in [-0.2, 0) is 14.3 Å². The lowest BCUT2D eigenvalue weighted by Gasteiger charge is -2.20. The number of nitrogens with zero attached hydrogens (tertiary/aromatic N) is 1. The lowest BCUT2D eigenvalue weighted by molar-refractivity contribution is -0.133. The van der Waals surface area contributed by atoms with E-state index in [4.69, 9.17) is 4.74 Å². The molecule has 0 aromatic carbocycles. The first-order chi connectivity index (χ1) is 10.6. The van der Waals surface area contributed by atoms with Crippen LogP contribution in [0.15, 0.2) is 11.5 Å². The largest absolute Gasteiger partial charge is 0.465 e. The van der Waals surface area contributed by atoms with Gasteiger partial charge in [0.2, 0.25) is 5.91 Å². The second-order valence-electron chi connectivity index (χ2n) is 5.57. The summed E-state index contributed by atoms with van der Waals surface area (Å²) < 4.78 is 4.87. The molecule has 1 amide bonds. The number of ether oxygens (including phenoxy) is 1. The molecule has 1 heterocycles. The van der Waals surface area contributed by atoms with E-state index in [2.05, 4.69) is 10.3 Å². The third-order valence-corrected chi connectivity index (χ3v) is 4.61. The molecule has 1 fully saturated rings. The highest BCUT2D eigenvalue weighted by Gasteiger charge is 2.18. The van der Waals surface area contributed by atoms with Gasteiger partial charge in [0.25, 0.3) is 0 Å². The highest BCUT2D eigenvalue weighted by atomic mass is 32.1. The smallest absolute Gasteiger partial charge is 0.339 e. The molecule has 1 saturated carbocycles. The number of methoxy groups -OCH3 is 1. The number of carbonyl (C=O) groups is 2. The second kappa shape index (κ2) is 8.08. The highest BCUT2D eigenvalue weighted by molar-refractivity contribution is 7.14. The lowest BCUT2D eigenvalue weighted by atomic mass is 9.86. The summed E-state index contributed by atoms with van der Waals surface area (Å²) in [5, 5.41) is 4.90. The predicted octanol–water partition coefficient (Wildman–Crippen LogP) is 3.63. The minimum Gasteiger partial charge on any atom is -0.465 e. The Morgan fingerprint density at radius 3 is 2.77 bits per heavy atom. The number of carbonyl (C=O) groups excluding carboxylic acids is 2. The Balaban J connectivity index is 2.12. The van der Waals surface area contributed by atoms with Crippen LogP contribution in [-0.4, -0.2) is 24.0 Å². The van der Waals surface area contributed by atoms with Gasteiger partial charge in [-0.1, -0.05) is 38.2 Å². The molecular weight excluding hydrogens is 300 g/mol. The van der Waals surface area contributed by atoms with E-state index in [1.165, 1.54) is 57.5 Å². The van der Waals surface area contributed by atoms with Crippen LogP contribution in [0.25, 0.3) is 5.57 Å². The highest BCUT2D eigenvalue weighted by Crippen LogP contribution is 2.29. The summed E-state index contributed by atoms with van der Waals surface area (Å²) in [6.45, 7) is 1.43. The average Bonchev–Trinajstić information content (AvgIpc) is 2.95. The van der Waals surface area contributed by atoms with Crippen LogP contribution in [0, 0.1) is 5.92 Å². The first kappa shape index (κ1) is 16.7. The molecule has 0 aliphatic heterocycles. The third-order valence-electron chi connectivity index (χ3n) is 3.85. The molecule has 0 saturated heterocycles. The number of nitrogens with one attached hydrogen (secondary N) is 1. The van der Waals surface area contributed by atoms with Crippen LogP contribution in [0.3, 0.4) is 0 Å². The maximum Gasteiger partial charge on any atom is 0.339 e. The van der Waals surface area contributed by atoms with Crippen molar-refractivity contribution in [3.63, 3.8) is 0 Å². The number of aromatic nitrogens is 1. The third kappa shape index (κ3) is 4.66. The fraction of sp³-hybridized carbons (Fsp3) is 0.562. The SMILES string of the molecule is COC(=O)/C(=C\CC1CCCCC1)c1csc(NC(C)=O)n1. The standard InChI is InChI=1S/C16H22N2O3S/c1-11(19)17-16-18-14(10-22-16)13(15(20)21-2)9-8-12-6-4-3-5-7-12/h9-10,12H,3-8H2,1-2H3,(H,17,18,19)/b13-9-. The summed E-state index contributed by atoms with van der Waals surface area (Å²) in [6.07, 6.45) is 9.12. The summed E-state index contributed by atoms with van der Waals surface area (Å²) in [7, 11) is 1.37. The Morgan fingerprint density at radius 2 is 2.14 bits per heavy atom.